The van der Waals surface area contributed by atoms with Crippen LogP contribution in [0.3, 0.4) is 0 Å². The lowest BCUT2D eigenvalue weighted by molar-refractivity contribution is -0.273. The number of likely N-dealkylation sites (tertiary alicyclic amines) is 1. The van der Waals surface area contributed by atoms with Crippen molar-refractivity contribution in [2.45, 2.75) is 147 Å². The van der Waals surface area contributed by atoms with Gasteiger partial charge in [-0.3, -0.25) is 14.4 Å². The topological polar surface area (TPSA) is 169 Å². The van der Waals surface area contributed by atoms with Crippen molar-refractivity contribution in [3.63, 3.8) is 0 Å². The van der Waals surface area contributed by atoms with Crippen molar-refractivity contribution in [2.24, 2.45) is 23.7 Å². The molecular weight excluding hydrogens is 694 g/mol. The van der Waals surface area contributed by atoms with E-state index in [9.17, 15) is 34.5 Å². The zero-order valence-corrected chi connectivity index (χ0v) is 33.2. The Bertz CT molecular complexity index is 1350. The van der Waals surface area contributed by atoms with Crippen molar-refractivity contribution in [2.75, 3.05) is 20.8 Å². The first-order valence-corrected chi connectivity index (χ1v) is 19.6. The van der Waals surface area contributed by atoms with Crippen LogP contribution < -0.4 is 0 Å². The number of Topliss-reactive ketones (excluding diaryl/α,β-unsaturated/α-hetero) is 2. The Morgan fingerprint density at radius 2 is 1.72 bits per heavy atom. The van der Waals surface area contributed by atoms with E-state index in [1.54, 1.807) is 52.2 Å². The first-order valence-electron chi connectivity index (χ1n) is 19.6. The molecule has 11 atom stereocenters. The van der Waals surface area contributed by atoms with Crippen molar-refractivity contribution >= 4 is 23.4 Å². The summed E-state index contributed by atoms with van der Waals surface area (Å²) >= 11 is 0. The summed E-state index contributed by atoms with van der Waals surface area (Å²) in [6.45, 7) is 14.6. The Labute approximate surface area is 321 Å². The van der Waals surface area contributed by atoms with Gasteiger partial charge >= 0.3 is 5.97 Å². The number of amides is 1. The molecule has 0 aromatic carbocycles. The fraction of sp³-hybridized carbons (Fsp3) is 0.714. The molecule has 1 saturated carbocycles. The second-order valence-corrected chi connectivity index (χ2v) is 15.4. The average molecular weight is 760 g/mol. The fourth-order valence-corrected chi connectivity index (χ4v) is 8.13. The first-order chi connectivity index (χ1) is 25.7. The van der Waals surface area contributed by atoms with Gasteiger partial charge in [0.05, 0.1) is 24.4 Å². The molecule has 0 aromatic heterocycles. The number of hydrogen-bond donors (Lipinski definition) is 3. The van der Waals surface area contributed by atoms with Gasteiger partial charge in [0, 0.05) is 44.9 Å². The molecule has 3 fully saturated rings. The van der Waals surface area contributed by atoms with Crippen molar-refractivity contribution in [1.82, 2.24) is 4.90 Å². The standard InChI is InChI=1S/C42H65NO11/c1-9-14-30(15-10-2)34(46)25-33(45)28(6)38(26(4)23-29-19-20-32(44)37(24-29)52-8)53-41(49)31-17-12-13-22-43(31)40(48)39(47)42(50)27(5)18-21-36(54-42)35(51-7)16-11-3/h9-11,16,23,27-33,35-38,44-45,50H,1-2,12-15,17-22,24-25H2,3-8H3/b16-11+,26-23+/t27-,28-,29+,31+,32-,33+,35+,36+,37-,38-,42-/m1/s1. The van der Waals surface area contributed by atoms with Gasteiger partial charge in [0.2, 0.25) is 5.79 Å². The minimum absolute atomic E-state index is 0.00644. The highest BCUT2D eigenvalue weighted by atomic mass is 16.6. The number of carbonyl (C=O) groups is 4. The quantitative estimate of drug-likeness (QED) is 0.0941. The van der Waals surface area contributed by atoms with Gasteiger partial charge in [-0.05, 0) is 89.5 Å². The van der Waals surface area contributed by atoms with Crippen LogP contribution in [0.25, 0.3) is 0 Å². The molecule has 3 aliphatic rings. The van der Waals surface area contributed by atoms with Crippen LogP contribution in [-0.4, -0.2) is 113 Å². The Morgan fingerprint density at radius 1 is 1.04 bits per heavy atom. The smallest absolute Gasteiger partial charge is 0.329 e. The van der Waals surface area contributed by atoms with E-state index < -0.39 is 71.8 Å². The Kier molecular flexibility index (Phi) is 17.9. The van der Waals surface area contributed by atoms with E-state index in [-0.39, 0.29) is 43.1 Å². The van der Waals surface area contributed by atoms with Crippen LogP contribution in [0, 0.1) is 23.7 Å². The van der Waals surface area contributed by atoms with E-state index in [2.05, 4.69) is 13.2 Å². The largest absolute Gasteiger partial charge is 0.456 e. The van der Waals surface area contributed by atoms with E-state index in [1.165, 1.54) is 12.0 Å². The fourth-order valence-electron chi connectivity index (χ4n) is 8.13. The molecule has 0 spiro atoms. The summed E-state index contributed by atoms with van der Waals surface area (Å²) in [5.74, 6) is -7.32. The van der Waals surface area contributed by atoms with Crippen molar-refractivity contribution in [3.8, 4) is 0 Å². The zero-order chi connectivity index (χ0) is 40.2. The number of carbonyl (C=O) groups excluding carboxylic acids is 4. The van der Waals surface area contributed by atoms with Gasteiger partial charge in [0.1, 0.15) is 24.0 Å². The van der Waals surface area contributed by atoms with Crippen LogP contribution in [0.15, 0.2) is 49.1 Å². The SMILES string of the molecule is C=CCC(CC=C)C(=O)C[C@H](O)[C@@H](C)[C@H](OC(=O)[C@@H]1CCCCN1C(=O)C(=O)[C@]1(O)O[C@H]([C@H](/C=C/C)OC)CC[C@H]1C)/C(C)=C/[C@@H]1CC[C@@H](O)[C@H](OC)C1. The molecule has 12 heteroatoms. The summed E-state index contributed by atoms with van der Waals surface area (Å²) in [5, 5.41) is 33.5. The minimum atomic E-state index is -2.42. The number of aliphatic hydroxyl groups is 3. The molecule has 2 aliphatic heterocycles. The molecule has 0 aromatic rings. The number of nitrogens with zero attached hydrogens (tertiary/aromatic N) is 1. The van der Waals surface area contributed by atoms with Crippen molar-refractivity contribution in [3.05, 3.63) is 49.1 Å². The van der Waals surface area contributed by atoms with Crippen LogP contribution >= 0.6 is 0 Å². The monoisotopic (exact) mass is 759 g/mol. The van der Waals surface area contributed by atoms with E-state index in [4.69, 9.17) is 18.9 Å². The van der Waals surface area contributed by atoms with Crippen LogP contribution in [0.4, 0.5) is 0 Å². The molecule has 304 valence electrons. The molecule has 3 N–H and O–H groups in total. The Morgan fingerprint density at radius 3 is 2.33 bits per heavy atom. The Hall–Kier alpha value is -3.00. The van der Waals surface area contributed by atoms with E-state index in [0.29, 0.717) is 63.4 Å². The first kappa shape index (κ1) is 45.4. The molecule has 12 nitrogen and oxygen atoms in total. The van der Waals surface area contributed by atoms with Gasteiger partial charge in [0.25, 0.3) is 11.7 Å². The Balaban J connectivity index is 1.89. The summed E-state index contributed by atoms with van der Waals surface area (Å²) in [7, 11) is 3.06. The predicted molar refractivity (Wildman–Crippen MR) is 204 cm³/mol. The van der Waals surface area contributed by atoms with Gasteiger partial charge in [-0.15, -0.1) is 13.2 Å². The lowest BCUT2D eigenvalue weighted by atomic mass is 9.81. The van der Waals surface area contributed by atoms with Crippen LogP contribution in [0.2, 0.25) is 0 Å². The molecule has 3 rings (SSSR count). The lowest BCUT2D eigenvalue weighted by Crippen LogP contribution is -2.61. The van der Waals surface area contributed by atoms with Gasteiger partial charge in [-0.1, -0.05) is 44.2 Å². The number of esters is 1. The number of rotatable bonds is 19. The number of aliphatic hydroxyl groups excluding tert-OH is 2. The van der Waals surface area contributed by atoms with E-state index in [0.717, 1.165) is 0 Å². The molecule has 1 aliphatic carbocycles. The predicted octanol–water partition coefficient (Wildman–Crippen LogP) is 4.79. The maximum atomic E-state index is 14.2. The summed E-state index contributed by atoms with van der Waals surface area (Å²) in [4.78, 5) is 56.5. The number of allylic oxidation sites excluding steroid dienone is 4. The van der Waals surface area contributed by atoms with Gasteiger partial charge < -0.3 is 39.2 Å². The van der Waals surface area contributed by atoms with Crippen LogP contribution in [0.5, 0.6) is 0 Å². The molecule has 0 radical (unpaired) electrons. The minimum Gasteiger partial charge on any atom is -0.456 e. The highest BCUT2D eigenvalue weighted by Gasteiger charge is 2.53. The van der Waals surface area contributed by atoms with E-state index in [1.807, 2.05) is 13.0 Å². The third-order valence-electron chi connectivity index (χ3n) is 11.6. The maximum absolute atomic E-state index is 14.2. The number of methoxy groups -OCH3 is 2. The molecule has 2 heterocycles. The zero-order valence-electron chi connectivity index (χ0n) is 33.2. The number of ether oxygens (including phenoxy) is 4. The molecule has 2 saturated heterocycles. The second-order valence-electron chi connectivity index (χ2n) is 15.4. The second kappa shape index (κ2) is 21.3. The van der Waals surface area contributed by atoms with Gasteiger partial charge in [-0.2, -0.15) is 0 Å². The molecule has 54 heavy (non-hydrogen) atoms. The molecular formula is C42H65NO11. The third-order valence-corrected chi connectivity index (χ3v) is 11.6. The highest BCUT2D eigenvalue weighted by Crippen LogP contribution is 2.37. The van der Waals surface area contributed by atoms with Crippen molar-refractivity contribution < 1.29 is 53.4 Å². The van der Waals surface area contributed by atoms with Crippen LogP contribution in [0.1, 0.15) is 98.3 Å². The van der Waals surface area contributed by atoms with Crippen LogP contribution in [-0.2, 0) is 38.1 Å². The summed E-state index contributed by atoms with van der Waals surface area (Å²) in [6.07, 6.45) is 9.27. The highest BCUT2D eigenvalue weighted by molar-refractivity contribution is 6.39. The molecule has 0 unspecified atom stereocenters. The van der Waals surface area contributed by atoms with Gasteiger partial charge in [0.15, 0.2) is 0 Å². The maximum Gasteiger partial charge on any atom is 0.329 e. The summed E-state index contributed by atoms with van der Waals surface area (Å²) in [6, 6.07) is -1.13. The lowest BCUT2D eigenvalue weighted by Gasteiger charge is -2.43. The summed E-state index contributed by atoms with van der Waals surface area (Å²) < 4.78 is 23.2. The third kappa shape index (κ3) is 11.3. The molecule has 0 bridgehead atoms. The number of ketones is 2. The number of hydrogen-bond acceptors (Lipinski definition) is 11. The average Bonchev–Trinajstić information content (AvgIpc) is 3.16. The van der Waals surface area contributed by atoms with Gasteiger partial charge in [-0.25, -0.2) is 4.79 Å². The van der Waals surface area contributed by atoms with E-state index >= 15 is 0 Å². The number of piperidine rings is 1. The summed E-state index contributed by atoms with van der Waals surface area (Å²) in [5.41, 5.74) is 0.649. The normalized spacial score (nSPS) is 30.3. The van der Waals surface area contributed by atoms with Crippen molar-refractivity contribution in [1.29, 1.82) is 0 Å². The molecule has 1 amide bonds.